The Hall–Kier alpha value is -3.12. The summed E-state index contributed by atoms with van der Waals surface area (Å²) in [7, 11) is 0. The van der Waals surface area contributed by atoms with Crippen LogP contribution in [0.15, 0.2) is 103 Å². The fourth-order valence-corrected chi connectivity index (χ4v) is 3.18. The molecule has 146 valence electrons. The molecule has 0 atom stereocenters. The summed E-state index contributed by atoms with van der Waals surface area (Å²) >= 11 is 0. The minimum atomic E-state index is 1.03. The van der Waals surface area contributed by atoms with Crippen molar-refractivity contribution in [3.05, 3.63) is 125 Å². The summed E-state index contributed by atoms with van der Waals surface area (Å²) in [5.74, 6) is 0. The SMILES string of the molecule is CC1=CCC=C(c2ccc(C)cc2)C=C1.Cc1ccc(-c2ccc(C)cc2)cc1. The zero-order valence-corrected chi connectivity index (χ0v) is 17.9. The van der Waals surface area contributed by atoms with Crippen molar-refractivity contribution < 1.29 is 0 Å². The minimum Gasteiger partial charge on any atom is -0.0778 e. The normalized spacial score (nSPS) is 13.0. The Morgan fingerprint density at radius 1 is 0.448 bits per heavy atom. The van der Waals surface area contributed by atoms with Crippen molar-refractivity contribution in [2.75, 3.05) is 0 Å². The highest BCUT2D eigenvalue weighted by Gasteiger charge is 1.99. The topological polar surface area (TPSA) is 0 Å². The van der Waals surface area contributed by atoms with Gasteiger partial charge in [-0.05, 0) is 56.4 Å². The summed E-state index contributed by atoms with van der Waals surface area (Å²) in [5, 5.41) is 0. The van der Waals surface area contributed by atoms with E-state index >= 15 is 0 Å². The van der Waals surface area contributed by atoms with Crippen molar-refractivity contribution in [1.29, 1.82) is 0 Å². The Morgan fingerprint density at radius 2 is 0.862 bits per heavy atom. The third kappa shape index (κ3) is 6.19. The molecule has 0 nitrogen and oxygen atoms in total. The summed E-state index contributed by atoms with van der Waals surface area (Å²) in [6.45, 7) is 8.48. The standard InChI is InChI=1S/C15H16.C14H14/c1-12-4-3-5-14(9-6-12)15-10-7-13(2)8-11-15;1-11-3-7-13(8-4-11)14-9-5-12(2)6-10-14/h4-11H,3H2,1-2H3;3-10H,1-2H3. The Labute approximate surface area is 175 Å². The molecule has 0 heterocycles. The third-order valence-corrected chi connectivity index (χ3v) is 5.12. The molecule has 1 aliphatic carbocycles. The van der Waals surface area contributed by atoms with E-state index in [4.69, 9.17) is 0 Å². The van der Waals surface area contributed by atoms with Gasteiger partial charge in [-0.15, -0.1) is 0 Å². The van der Waals surface area contributed by atoms with Crippen LogP contribution in [-0.2, 0) is 0 Å². The van der Waals surface area contributed by atoms with E-state index in [9.17, 15) is 0 Å². The van der Waals surface area contributed by atoms with Gasteiger partial charge in [-0.1, -0.05) is 119 Å². The number of aryl methyl sites for hydroxylation is 3. The molecule has 29 heavy (non-hydrogen) atoms. The molecule has 0 N–H and O–H groups in total. The first-order chi connectivity index (χ1) is 14.0. The van der Waals surface area contributed by atoms with E-state index in [0.717, 1.165) is 6.42 Å². The summed E-state index contributed by atoms with van der Waals surface area (Å²) < 4.78 is 0. The van der Waals surface area contributed by atoms with Gasteiger partial charge in [0.15, 0.2) is 0 Å². The highest BCUT2D eigenvalue weighted by atomic mass is 14.0. The Kier molecular flexibility index (Phi) is 7.03. The van der Waals surface area contributed by atoms with Gasteiger partial charge in [0.05, 0.1) is 0 Å². The van der Waals surface area contributed by atoms with Crippen LogP contribution in [0.2, 0.25) is 0 Å². The molecule has 3 aromatic carbocycles. The van der Waals surface area contributed by atoms with Crippen LogP contribution < -0.4 is 0 Å². The molecule has 0 spiro atoms. The second kappa shape index (κ2) is 9.89. The van der Waals surface area contributed by atoms with Crippen LogP contribution in [0.1, 0.15) is 35.6 Å². The summed E-state index contributed by atoms with van der Waals surface area (Å²) in [6, 6.07) is 26.0. The van der Waals surface area contributed by atoms with Gasteiger partial charge in [0, 0.05) is 0 Å². The van der Waals surface area contributed by atoms with E-state index in [-0.39, 0.29) is 0 Å². The van der Waals surface area contributed by atoms with Gasteiger partial charge in [0.25, 0.3) is 0 Å². The molecule has 0 unspecified atom stereocenters. The number of rotatable bonds is 2. The maximum atomic E-state index is 2.28. The largest absolute Gasteiger partial charge is 0.0778 e. The molecular weight excluding hydrogens is 348 g/mol. The second-order valence-corrected chi connectivity index (χ2v) is 7.77. The number of hydrogen-bond acceptors (Lipinski definition) is 0. The van der Waals surface area contributed by atoms with Crippen molar-refractivity contribution in [2.45, 2.75) is 34.1 Å². The molecular formula is C29H30. The van der Waals surface area contributed by atoms with E-state index in [1.54, 1.807) is 0 Å². The van der Waals surface area contributed by atoms with E-state index in [1.165, 1.54) is 44.5 Å². The number of benzene rings is 3. The third-order valence-electron chi connectivity index (χ3n) is 5.12. The highest BCUT2D eigenvalue weighted by molar-refractivity contribution is 5.75. The summed E-state index contributed by atoms with van der Waals surface area (Å²) in [5.41, 5.74) is 10.5. The highest BCUT2D eigenvalue weighted by Crippen LogP contribution is 2.21. The fourth-order valence-electron chi connectivity index (χ4n) is 3.18. The minimum absolute atomic E-state index is 1.03. The maximum Gasteiger partial charge on any atom is -0.0154 e. The van der Waals surface area contributed by atoms with Crippen molar-refractivity contribution in [3.8, 4) is 11.1 Å². The van der Waals surface area contributed by atoms with Crippen LogP contribution in [0.3, 0.4) is 0 Å². The van der Waals surface area contributed by atoms with Gasteiger partial charge < -0.3 is 0 Å². The molecule has 0 aliphatic heterocycles. The van der Waals surface area contributed by atoms with Crippen molar-refractivity contribution in [3.63, 3.8) is 0 Å². The van der Waals surface area contributed by atoms with Crippen LogP contribution in [0.4, 0.5) is 0 Å². The van der Waals surface area contributed by atoms with Gasteiger partial charge in [-0.2, -0.15) is 0 Å². The van der Waals surface area contributed by atoms with Crippen LogP contribution in [-0.4, -0.2) is 0 Å². The fraction of sp³-hybridized carbons (Fsp3) is 0.172. The first-order valence-corrected chi connectivity index (χ1v) is 10.3. The average Bonchev–Trinajstić information content (AvgIpc) is 2.95. The number of hydrogen-bond donors (Lipinski definition) is 0. The van der Waals surface area contributed by atoms with Gasteiger partial charge in [0.2, 0.25) is 0 Å². The Balaban J connectivity index is 0.000000166. The molecule has 1 aliphatic rings. The zero-order valence-electron chi connectivity index (χ0n) is 17.9. The van der Waals surface area contributed by atoms with Crippen molar-refractivity contribution in [2.24, 2.45) is 0 Å². The lowest BCUT2D eigenvalue weighted by atomic mass is 10.0. The molecule has 0 bridgehead atoms. The average molecular weight is 379 g/mol. The van der Waals surface area contributed by atoms with Crippen LogP contribution in [0.25, 0.3) is 16.7 Å². The van der Waals surface area contributed by atoms with E-state index in [1.807, 2.05) is 0 Å². The monoisotopic (exact) mass is 378 g/mol. The molecule has 0 aromatic heterocycles. The van der Waals surface area contributed by atoms with Crippen LogP contribution in [0, 0.1) is 20.8 Å². The molecule has 0 saturated carbocycles. The van der Waals surface area contributed by atoms with E-state index < -0.39 is 0 Å². The first kappa shape index (κ1) is 20.6. The van der Waals surface area contributed by atoms with E-state index in [2.05, 4.69) is 125 Å². The predicted octanol–water partition coefficient (Wildman–Crippen LogP) is 8.26. The maximum absolute atomic E-state index is 2.28. The molecule has 3 aromatic rings. The summed E-state index contributed by atoms with van der Waals surface area (Å²) in [6.07, 6.45) is 9.93. The molecule has 4 rings (SSSR count). The van der Waals surface area contributed by atoms with Gasteiger partial charge in [-0.25, -0.2) is 0 Å². The quantitative estimate of drug-likeness (QED) is 0.421. The lowest BCUT2D eigenvalue weighted by Gasteiger charge is -2.02. The zero-order chi connectivity index (χ0) is 20.6. The summed E-state index contributed by atoms with van der Waals surface area (Å²) in [4.78, 5) is 0. The van der Waals surface area contributed by atoms with Crippen LogP contribution >= 0.6 is 0 Å². The Bertz CT molecular complexity index is 965. The van der Waals surface area contributed by atoms with Crippen molar-refractivity contribution >= 4 is 5.57 Å². The smallest absolute Gasteiger partial charge is 0.0154 e. The molecule has 0 amide bonds. The molecule has 0 radical (unpaired) electrons. The number of allylic oxidation sites excluding steroid dienone is 6. The first-order valence-electron chi connectivity index (χ1n) is 10.3. The lowest BCUT2D eigenvalue weighted by molar-refractivity contribution is 1.35. The predicted molar refractivity (Wildman–Crippen MR) is 128 cm³/mol. The van der Waals surface area contributed by atoms with Gasteiger partial charge in [-0.3, -0.25) is 0 Å². The van der Waals surface area contributed by atoms with Gasteiger partial charge in [0.1, 0.15) is 0 Å². The molecule has 0 heteroatoms. The van der Waals surface area contributed by atoms with Gasteiger partial charge >= 0.3 is 0 Å². The van der Waals surface area contributed by atoms with Crippen LogP contribution in [0.5, 0.6) is 0 Å². The second-order valence-electron chi connectivity index (χ2n) is 7.77. The van der Waals surface area contributed by atoms with Crippen molar-refractivity contribution in [1.82, 2.24) is 0 Å². The molecule has 0 fully saturated rings. The Morgan fingerprint density at radius 3 is 1.31 bits per heavy atom. The molecule has 0 saturated heterocycles. The lowest BCUT2D eigenvalue weighted by Crippen LogP contribution is -1.81. The van der Waals surface area contributed by atoms with E-state index in [0.29, 0.717) is 0 Å².